The maximum absolute atomic E-state index is 13.8. The van der Waals surface area contributed by atoms with E-state index >= 15 is 0 Å². The van der Waals surface area contributed by atoms with Crippen LogP contribution in [0, 0.1) is 18.7 Å². The summed E-state index contributed by atoms with van der Waals surface area (Å²) in [6.45, 7) is 6.79. The van der Waals surface area contributed by atoms with Crippen molar-refractivity contribution in [3.8, 4) is 0 Å². The molecule has 5 heteroatoms. The molecule has 0 aromatic heterocycles. The lowest BCUT2D eigenvalue weighted by atomic mass is 9.93. The second-order valence-electron chi connectivity index (χ2n) is 8.71. The smallest absolute Gasteiger partial charge is 0.224 e. The number of halogens is 1. The molecule has 2 aliphatic heterocycles. The number of carbonyl (C=O) groups excluding carboxylic acids is 1. The molecule has 27 heavy (non-hydrogen) atoms. The summed E-state index contributed by atoms with van der Waals surface area (Å²) in [4.78, 5) is 17.4. The molecule has 2 saturated heterocycles. The van der Waals surface area contributed by atoms with Gasteiger partial charge in [-0.2, -0.15) is 0 Å². The zero-order chi connectivity index (χ0) is 18.8. The van der Waals surface area contributed by atoms with Crippen LogP contribution in [0.25, 0.3) is 0 Å². The molecule has 1 saturated carbocycles. The summed E-state index contributed by atoms with van der Waals surface area (Å²) in [6, 6.07) is 6.64. The molecular formula is C22H32FN3O. The standard InChI is InChI=1S/C22H32FN3O/c1-16-4-5-17(13-21(16)23)14-25-11-8-20(9-12-25)26-10-2-3-18(15-26)22(27)24-19-6-7-19/h4-5,13,18-20H,2-3,6-12,14-15H2,1H3,(H,24,27). The third-order valence-corrected chi connectivity index (χ3v) is 6.46. The summed E-state index contributed by atoms with van der Waals surface area (Å²) < 4.78 is 13.8. The zero-order valence-corrected chi connectivity index (χ0v) is 16.4. The van der Waals surface area contributed by atoms with E-state index < -0.39 is 0 Å². The Kier molecular flexibility index (Phi) is 5.79. The highest BCUT2D eigenvalue weighted by molar-refractivity contribution is 5.79. The first-order valence-electron chi connectivity index (χ1n) is 10.6. The molecule has 3 fully saturated rings. The van der Waals surface area contributed by atoms with E-state index in [1.54, 1.807) is 13.0 Å². The van der Waals surface area contributed by atoms with Crippen LogP contribution >= 0.6 is 0 Å². The van der Waals surface area contributed by atoms with Gasteiger partial charge in [-0.1, -0.05) is 12.1 Å². The van der Waals surface area contributed by atoms with Gasteiger partial charge in [0.1, 0.15) is 5.82 Å². The van der Waals surface area contributed by atoms with Crippen LogP contribution in [0.2, 0.25) is 0 Å². The number of nitrogens with zero attached hydrogens (tertiary/aromatic N) is 2. The summed E-state index contributed by atoms with van der Waals surface area (Å²) in [5, 5.41) is 3.19. The summed E-state index contributed by atoms with van der Waals surface area (Å²) in [5.41, 5.74) is 1.77. The molecule has 1 aromatic rings. The third-order valence-electron chi connectivity index (χ3n) is 6.46. The number of aryl methyl sites for hydroxylation is 1. The minimum Gasteiger partial charge on any atom is -0.353 e. The fourth-order valence-corrected chi connectivity index (χ4v) is 4.53. The lowest BCUT2D eigenvalue weighted by Gasteiger charge is -2.42. The van der Waals surface area contributed by atoms with Gasteiger partial charge in [-0.3, -0.25) is 14.6 Å². The van der Waals surface area contributed by atoms with Crippen molar-refractivity contribution in [3.63, 3.8) is 0 Å². The number of nitrogens with one attached hydrogen (secondary N) is 1. The number of hydrogen-bond donors (Lipinski definition) is 1. The van der Waals surface area contributed by atoms with E-state index in [1.807, 2.05) is 12.1 Å². The normalized spacial score (nSPS) is 25.5. The topological polar surface area (TPSA) is 35.6 Å². The molecule has 0 bridgehead atoms. The Balaban J connectivity index is 1.25. The Labute approximate surface area is 162 Å². The third kappa shape index (κ3) is 4.88. The predicted octanol–water partition coefficient (Wildman–Crippen LogP) is 3.09. The Morgan fingerprint density at radius 2 is 1.93 bits per heavy atom. The van der Waals surface area contributed by atoms with E-state index in [0.717, 1.165) is 76.8 Å². The SMILES string of the molecule is Cc1ccc(CN2CCC(N3CCCC(C(=O)NC4CC4)C3)CC2)cc1F. The Bertz CT molecular complexity index is 668. The first-order chi connectivity index (χ1) is 13.1. The van der Waals surface area contributed by atoms with Crippen LogP contribution in [-0.4, -0.2) is 54.0 Å². The molecule has 148 valence electrons. The van der Waals surface area contributed by atoms with E-state index in [1.165, 1.54) is 0 Å². The second-order valence-corrected chi connectivity index (χ2v) is 8.71. The van der Waals surface area contributed by atoms with Crippen LogP contribution < -0.4 is 5.32 Å². The molecule has 1 amide bonds. The molecule has 4 nitrogen and oxygen atoms in total. The highest BCUT2D eigenvalue weighted by atomic mass is 19.1. The van der Waals surface area contributed by atoms with Crippen LogP contribution in [-0.2, 0) is 11.3 Å². The van der Waals surface area contributed by atoms with E-state index in [9.17, 15) is 9.18 Å². The van der Waals surface area contributed by atoms with E-state index in [-0.39, 0.29) is 17.6 Å². The first-order valence-corrected chi connectivity index (χ1v) is 10.6. The van der Waals surface area contributed by atoms with Crippen molar-refractivity contribution in [3.05, 3.63) is 35.1 Å². The van der Waals surface area contributed by atoms with Gasteiger partial charge in [-0.25, -0.2) is 4.39 Å². The average Bonchev–Trinajstić information content (AvgIpc) is 3.49. The maximum atomic E-state index is 13.8. The molecule has 1 unspecified atom stereocenters. The minimum atomic E-state index is -0.105. The molecule has 1 N–H and O–H groups in total. The first kappa shape index (κ1) is 18.9. The molecule has 3 aliphatic rings. The van der Waals surface area contributed by atoms with Gasteiger partial charge in [0.05, 0.1) is 5.92 Å². The fourth-order valence-electron chi connectivity index (χ4n) is 4.53. The van der Waals surface area contributed by atoms with Crippen LogP contribution in [0.1, 0.15) is 49.7 Å². The zero-order valence-electron chi connectivity index (χ0n) is 16.4. The summed E-state index contributed by atoms with van der Waals surface area (Å²) >= 11 is 0. The van der Waals surface area contributed by atoms with Gasteiger partial charge in [-0.15, -0.1) is 0 Å². The van der Waals surface area contributed by atoms with Crippen LogP contribution in [0.4, 0.5) is 4.39 Å². The second kappa shape index (κ2) is 8.27. The number of piperidine rings is 2. The average molecular weight is 374 g/mol. The Morgan fingerprint density at radius 3 is 2.63 bits per heavy atom. The van der Waals surface area contributed by atoms with Crippen molar-refractivity contribution >= 4 is 5.91 Å². The minimum absolute atomic E-state index is 0.105. The van der Waals surface area contributed by atoms with Crippen molar-refractivity contribution in [2.75, 3.05) is 26.2 Å². The van der Waals surface area contributed by atoms with Gasteiger partial charge in [-0.05, 0) is 82.3 Å². The number of hydrogen-bond acceptors (Lipinski definition) is 3. The number of likely N-dealkylation sites (tertiary alicyclic amines) is 2. The van der Waals surface area contributed by atoms with Crippen LogP contribution in [0.3, 0.4) is 0 Å². The molecule has 2 heterocycles. The lowest BCUT2D eigenvalue weighted by Crippen LogP contribution is -2.50. The highest BCUT2D eigenvalue weighted by Gasteiger charge is 2.33. The predicted molar refractivity (Wildman–Crippen MR) is 105 cm³/mol. The van der Waals surface area contributed by atoms with Gasteiger partial charge < -0.3 is 5.32 Å². The lowest BCUT2D eigenvalue weighted by molar-refractivity contribution is -0.127. The molecule has 0 radical (unpaired) electrons. The summed E-state index contributed by atoms with van der Waals surface area (Å²) in [6.07, 6.45) is 6.77. The number of rotatable bonds is 5. The number of amides is 1. The van der Waals surface area contributed by atoms with Gasteiger partial charge in [0.25, 0.3) is 0 Å². The monoisotopic (exact) mass is 373 g/mol. The van der Waals surface area contributed by atoms with Gasteiger partial charge >= 0.3 is 0 Å². The van der Waals surface area contributed by atoms with Gasteiger partial charge in [0.15, 0.2) is 0 Å². The van der Waals surface area contributed by atoms with Crippen molar-refractivity contribution in [1.82, 2.24) is 15.1 Å². The van der Waals surface area contributed by atoms with Gasteiger partial charge in [0, 0.05) is 25.2 Å². The Morgan fingerprint density at radius 1 is 1.15 bits per heavy atom. The van der Waals surface area contributed by atoms with Crippen LogP contribution in [0.5, 0.6) is 0 Å². The number of benzene rings is 1. The van der Waals surface area contributed by atoms with Gasteiger partial charge in [0.2, 0.25) is 5.91 Å². The maximum Gasteiger partial charge on any atom is 0.224 e. The van der Waals surface area contributed by atoms with Crippen molar-refractivity contribution in [2.45, 2.75) is 64.1 Å². The molecule has 4 rings (SSSR count). The molecule has 1 aromatic carbocycles. The molecular weight excluding hydrogens is 341 g/mol. The highest BCUT2D eigenvalue weighted by Crippen LogP contribution is 2.26. The van der Waals surface area contributed by atoms with E-state index in [0.29, 0.717) is 17.6 Å². The summed E-state index contributed by atoms with van der Waals surface area (Å²) in [7, 11) is 0. The Hall–Kier alpha value is -1.46. The van der Waals surface area contributed by atoms with E-state index in [4.69, 9.17) is 0 Å². The summed E-state index contributed by atoms with van der Waals surface area (Å²) in [5.74, 6) is 0.347. The fraction of sp³-hybridized carbons (Fsp3) is 0.682. The quantitative estimate of drug-likeness (QED) is 0.862. The van der Waals surface area contributed by atoms with E-state index in [2.05, 4.69) is 15.1 Å². The number of carbonyl (C=O) groups is 1. The van der Waals surface area contributed by atoms with Crippen molar-refractivity contribution < 1.29 is 9.18 Å². The molecule has 1 atom stereocenters. The molecule has 1 aliphatic carbocycles. The van der Waals surface area contributed by atoms with Crippen molar-refractivity contribution in [1.29, 1.82) is 0 Å². The van der Waals surface area contributed by atoms with Crippen LogP contribution in [0.15, 0.2) is 18.2 Å². The molecule has 0 spiro atoms. The largest absolute Gasteiger partial charge is 0.353 e. The van der Waals surface area contributed by atoms with Crippen molar-refractivity contribution in [2.24, 2.45) is 5.92 Å².